The lowest BCUT2D eigenvalue weighted by atomic mass is 10.0. The van der Waals surface area contributed by atoms with Gasteiger partial charge < -0.3 is 10.6 Å². The molecule has 0 aromatic heterocycles. The first-order valence-corrected chi connectivity index (χ1v) is 7.31. The molecule has 0 unspecified atom stereocenters. The summed E-state index contributed by atoms with van der Waals surface area (Å²) in [4.78, 5) is 44.6. The molecule has 10 heteroatoms. The van der Waals surface area contributed by atoms with Gasteiger partial charge in [-0.25, -0.2) is 0 Å². The largest absolute Gasteiger partial charge is 0.355 e. The second-order valence-corrected chi connectivity index (χ2v) is 5.27. The fourth-order valence-electron chi connectivity index (χ4n) is 2.30. The maximum Gasteiger partial charge on any atom is 0.279 e. The number of amides is 2. The van der Waals surface area contributed by atoms with Crippen LogP contribution in [-0.4, -0.2) is 28.7 Å². The molecule has 0 radical (unpaired) electrons. The summed E-state index contributed by atoms with van der Waals surface area (Å²) in [6, 6.07) is 7.79. The molecule has 2 rings (SSSR count). The number of carbonyl (C=O) groups excluding carboxylic acids is 2. The van der Waals surface area contributed by atoms with Crippen molar-refractivity contribution in [3.05, 3.63) is 73.3 Å². The summed E-state index contributed by atoms with van der Waals surface area (Å²) in [7, 11) is 1.46. The molecule has 26 heavy (non-hydrogen) atoms. The van der Waals surface area contributed by atoms with Crippen LogP contribution >= 0.6 is 0 Å². The van der Waals surface area contributed by atoms with Gasteiger partial charge in [-0.1, -0.05) is 6.07 Å². The lowest BCUT2D eigenvalue weighted by Crippen LogP contribution is -2.19. The van der Waals surface area contributed by atoms with E-state index in [-0.39, 0.29) is 22.7 Å². The summed E-state index contributed by atoms with van der Waals surface area (Å²) in [5.41, 5.74) is -0.719. The average molecular weight is 358 g/mol. The normalized spacial score (nSPS) is 10.1. The van der Waals surface area contributed by atoms with Gasteiger partial charge in [0.2, 0.25) is 0 Å². The Balaban J connectivity index is 2.42. The van der Waals surface area contributed by atoms with E-state index in [0.717, 1.165) is 12.1 Å². The third-order valence-corrected chi connectivity index (χ3v) is 3.63. The summed E-state index contributed by atoms with van der Waals surface area (Å²) in [5.74, 6) is -1.12. The molecule has 0 spiro atoms. The molecule has 10 nitrogen and oxygen atoms in total. The Labute approximate surface area is 147 Å². The molecule has 0 aliphatic heterocycles. The van der Waals surface area contributed by atoms with Crippen molar-refractivity contribution < 1.29 is 19.4 Å². The van der Waals surface area contributed by atoms with Gasteiger partial charge in [0.15, 0.2) is 0 Å². The van der Waals surface area contributed by atoms with Gasteiger partial charge in [-0.15, -0.1) is 0 Å². The van der Waals surface area contributed by atoms with Crippen LogP contribution in [-0.2, 0) is 0 Å². The predicted molar refractivity (Wildman–Crippen MR) is 92.3 cm³/mol. The highest BCUT2D eigenvalue weighted by atomic mass is 16.6. The number of rotatable bonds is 5. The molecule has 2 aromatic carbocycles. The molecule has 0 aliphatic carbocycles. The van der Waals surface area contributed by atoms with Gasteiger partial charge in [-0.05, 0) is 25.1 Å². The minimum atomic E-state index is -0.810. The molecular weight excluding hydrogens is 344 g/mol. The van der Waals surface area contributed by atoms with Crippen molar-refractivity contribution >= 4 is 28.9 Å². The van der Waals surface area contributed by atoms with Crippen molar-refractivity contribution in [1.29, 1.82) is 0 Å². The van der Waals surface area contributed by atoms with Gasteiger partial charge in [0.25, 0.3) is 23.2 Å². The van der Waals surface area contributed by atoms with Crippen molar-refractivity contribution in [2.75, 3.05) is 12.4 Å². The topological polar surface area (TPSA) is 144 Å². The van der Waals surface area contributed by atoms with Crippen molar-refractivity contribution in [3.8, 4) is 0 Å². The number of anilines is 1. The number of nitrogens with one attached hydrogen (secondary N) is 2. The highest BCUT2D eigenvalue weighted by Crippen LogP contribution is 2.28. The first kappa shape index (κ1) is 18.5. The van der Waals surface area contributed by atoms with E-state index in [1.54, 1.807) is 6.07 Å². The number of non-ortho nitro benzene ring substituents is 1. The minimum absolute atomic E-state index is 0.000515. The van der Waals surface area contributed by atoms with Gasteiger partial charge in [0.1, 0.15) is 0 Å². The van der Waals surface area contributed by atoms with Crippen molar-refractivity contribution in [2.24, 2.45) is 0 Å². The molecule has 0 bridgehead atoms. The Hall–Kier alpha value is -3.82. The van der Waals surface area contributed by atoms with Crippen molar-refractivity contribution in [1.82, 2.24) is 5.32 Å². The molecule has 2 aromatic rings. The fraction of sp³-hybridized carbons (Fsp3) is 0.125. The van der Waals surface area contributed by atoms with Crippen LogP contribution in [0.15, 0.2) is 36.4 Å². The second kappa shape index (κ2) is 7.38. The smallest absolute Gasteiger partial charge is 0.279 e. The average Bonchev–Trinajstić information content (AvgIpc) is 2.60. The SMILES string of the molecule is CNC(=O)c1cccc(NC(=O)c2cc([N+](=O)[O-])cc([N+](=O)[O-])c2C)c1. The molecule has 134 valence electrons. The lowest BCUT2D eigenvalue weighted by Gasteiger charge is -2.09. The number of hydrogen-bond donors (Lipinski definition) is 2. The number of carbonyl (C=O) groups is 2. The van der Waals surface area contributed by atoms with E-state index in [1.165, 1.54) is 32.2 Å². The number of hydrogen-bond acceptors (Lipinski definition) is 6. The molecule has 0 saturated heterocycles. The molecular formula is C16H14N4O6. The van der Waals surface area contributed by atoms with Crippen LogP contribution in [0.3, 0.4) is 0 Å². The van der Waals surface area contributed by atoms with Crippen LogP contribution in [0.5, 0.6) is 0 Å². The fourth-order valence-corrected chi connectivity index (χ4v) is 2.30. The van der Waals surface area contributed by atoms with E-state index >= 15 is 0 Å². The van der Waals surface area contributed by atoms with Gasteiger partial charge in [0, 0.05) is 29.9 Å². The Bertz CT molecular complexity index is 925. The maximum absolute atomic E-state index is 12.5. The molecule has 2 N–H and O–H groups in total. The minimum Gasteiger partial charge on any atom is -0.355 e. The number of nitro benzene ring substituents is 2. The first-order chi connectivity index (χ1) is 12.2. The zero-order chi connectivity index (χ0) is 19.4. The highest BCUT2D eigenvalue weighted by Gasteiger charge is 2.24. The zero-order valence-electron chi connectivity index (χ0n) is 13.8. The van der Waals surface area contributed by atoms with Gasteiger partial charge in [-0.3, -0.25) is 29.8 Å². The van der Waals surface area contributed by atoms with Crippen molar-refractivity contribution in [2.45, 2.75) is 6.92 Å². The predicted octanol–water partition coefficient (Wildman–Crippen LogP) is 2.42. The third-order valence-electron chi connectivity index (χ3n) is 3.63. The quantitative estimate of drug-likeness (QED) is 0.620. The van der Waals surface area contributed by atoms with Gasteiger partial charge in [-0.2, -0.15) is 0 Å². The van der Waals surface area contributed by atoms with E-state index in [9.17, 15) is 29.8 Å². The number of nitrogens with zero attached hydrogens (tertiary/aromatic N) is 2. The molecule has 0 atom stereocenters. The first-order valence-electron chi connectivity index (χ1n) is 7.31. The maximum atomic E-state index is 12.5. The molecule has 0 saturated carbocycles. The van der Waals surface area contributed by atoms with Crippen LogP contribution < -0.4 is 10.6 Å². The highest BCUT2D eigenvalue weighted by molar-refractivity contribution is 6.07. The van der Waals surface area contributed by atoms with Crippen LogP contribution in [0.4, 0.5) is 17.1 Å². The molecule has 2 amide bonds. The van der Waals surface area contributed by atoms with E-state index in [1.807, 2.05) is 0 Å². The summed E-state index contributed by atoms with van der Waals surface area (Å²) < 4.78 is 0. The van der Waals surface area contributed by atoms with Gasteiger partial charge in [0.05, 0.1) is 21.5 Å². The standard InChI is InChI=1S/C16H14N4O6/c1-9-13(7-12(19(23)24)8-14(9)20(25)26)16(22)18-11-5-3-4-10(6-11)15(21)17-2/h3-8H,1-2H3,(H,17,21)(H,18,22). The second-order valence-electron chi connectivity index (χ2n) is 5.27. The van der Waals surface area contributed by atoms with Crippen molar-refractivity contribution in [3.63, 3.8) is 0 Å². The third kappa shape index (κ3) is 3.80. The van der Waals surface area contributed by atoms with Crippen LogP contribution in [0.1, 0.15) is 26.3 Å². The number of nitro groups is 2. The summed E-state index contributed by atoms with van der Waals surface area (Å²) in [5, 5.41) is 27.0. The van der Waals surface area contributed by atoms with Crippen LogP contribution in [0.2, 0.25) is 0 Å². The van der Waals surface area contributed by atoms with E-state index < -0.39 is 27.1 Å². The van der Waals surface area contributed by atoms with E-state index in [2.05, 4.69) is 10.6 Å². The van der Waals surface area contributed by atoms with E-state index in [0.29, 0.717) is 5.56 Å². The Kier molecular flexibility index (Phi) is 5.26. The Morgan fingerprint density at radius 3 is 2.27 bits per heavy atom. The van der Waals surface area contributed by atoms with Crippen LogP contribution in [0.25, 0.3) is 0 Å². The lowest BCUT2D eigenvalue weighted by molar-refractivity contribution is -0.394. The Morgan fingerprint density at radius 1 is 1.00 bits per heavy atom. The molecule has 0 fully saturated rings. The molecule has 0 aliphatic rings. The monoisotopic (exact) mass is 358 g/mol. The Morgan fingerprint density at radius 2 is 1.69 bits per heavy atom. The van der Waals surface area contributed by atoms with Crippen LogP contribution in [0, 0.1) is 27.2 Å². The van der Waals surface area contributed by atoms with Gasteiger partial charge >= 0.3 is 0 Å². The zero-order valence-corrected chi connectivity index (χ0v) is 13.8. The summed E-state index contributed by atoms with van der Waals surface area (Å²) >= 11 is 0. The number of benzene rings is 2. The molecule has 0 heterocycles. The summed E-state index contributed by atoms with van der Waals surface area (Å²) in [6.45, 7) is 1.33. The summed E-state index contributed by atoms with van der Waals surface area (Å²) in [6.07, 6.45) is 0. The van der Waals surface area contributed by atoms with E-state index in [4.69, 9.17) is 0 Å².